The Morgan fingerprint density at radius 1 is 1.18 bits per heavy atom. The predicted molar refractivity (Wildman–Crippen MR) is 103 cm³/mol. The van der Waals surface area contributed by atoms with Gasteiger partial charge < -0.3 is 10.4 Å². The summed E-state index contributed by atoms with van der Waals surface area (Å²) in [6.07, 6.45) is -0.249. The Kier molecular flexibility index (Phi) is 4.17. The minimum Gasteiger partial charge on any atom is -0.392 e. The van der Waals surface area contributed by atoms with Crippen LogP contribution in [0.3, 0.4) is 0 Å². The molecule has 2 fully saturated rings. The minimum atomic E-state index is -1.34. The molecule has 2 saturated heterocycles. The molecule has 28 heavy (non-hydrogen) atoms. The first-order chi connectivity index (χ1) is 13.2. The Bertz CT molecular complexity index is 896. The van der Waals surface area contributed by atoms with Gasteiger partial charge >= 0.3 is 0 Å². The number of nitrogens with one attached hydrogen (secondary N) is 2. The van der Waals surface area contributed by atoms with E-state index in [1.165, 1.54) is 4.90 Å². The van der Waals surface area contributed by atoms with Gasteiger partial charge in [-0.25, -0.2) is 0 Å². The van der Waals surface area contributed by atoms with Gasteiger partial charge in [0, 0.05) is 23.3 Å². The fraction of sp³-hybridized carbons (Fsp3) is 0.571. The third-order valence-electron chi connectivity index (χ3n) is 6.94. The number of amides is 3. The first-order valence-electron chi connectivity index (χ1n) is 9.91. The molecule has 0 radical (unpaired) electrons. The van der Waals surface area contributed by atoms with E-state index in [0.717, 1.165) is 11.1 Å². The van der Waals surface area contributed by atoms with E-state index in [4.69, 9.17) is 0 Å². The first-order valence-corrected chi connectivity index (χ1v) is 9.91. The smallest absolute Gasteiger partial charge is 0.250 e. The van der Waals surface area contributed by atoms with E-state index in [0.29, 0.717) is 17.7 Å². The normalized spacial score (nSPS) is 33.3. The summed E-state index contributed by atoms with van der Waals surface area (Å²) in [6.45, 7) is 9.24. The van der Waals surface area contributed by atoms with Crippen LogP contribution in [0.2, 0.25) is 0 Å². The molecule has 6 atom stereocenters. The number of nitrogens with zero attached hydrogens (tertiary/aromatic N) is 1. The number of anilines is 1. The highest BCUT2D eigenvalue weighted by molar-refractivity contribution is 6.15. The predicted octanol–water partition coefficient (Wildman–Crippen LogP) is 1.20. The largest absolute Gasteiger partial charge is 0.392 e. The molecule has 0 aromatic heterocycles. The molecule has 0 saturated carbocycles. The molecular weight excluding hydrogens is 358 g/mol. The summed E-state index contributed by atoms with van der Waals surface area (Å²) in [4.78, 5) is 41.2. The van der Waals surface area contributed by atoms with Crippen LogP contribution in [0.1, 0.15) is 43.9 Å². The molecule has 4 rings (SSSR count). The van der Waals surface area contributed by atoms with Crippen molar-refractivity contribution in [1.29, 1.82) is 0 Å². The molecule has 0 bridgehead atoms. The second kappa shape index (κ2) is 6.12. The van der Waals surface area contributed by atoms with Gasteiger partial charge in [0.1, 0.15) is 5.54 Å². The Hall–Kier alpha value is -2.25. The van der Waals surface area contributed by atoms with Gasteiger partial charge in [-0.3, -0.25) is 24.6 Å². The van der Waals surface area contributed by atoms with Gasteiger partial charge in [-0.1, -0.05) is 19.1 Å². The van der Waals surface area contributed by atoms with Gasteiger partial charge in [-0.05, 0) is 45.2 Å². The van der Waals surface area contributed by atoms with Crippen LogP contribution < -0.4 is 10.6 Å². The molecule has 3 N–H and O–H groups in total. The maximum absolute atomic E-state index is 13.4. The van der Waals surface area contributed by atoms with Crippen molar-refractivity contribution in [2.75, 3.05) is 5.32 Å². The number of carbonyl (C=O) groups is 3. The van der Waals surface area contributed by atoms with E-state index in [1.807, 2.05) is 39.8 Å². The second-order valence-corrected chi connectivity index (χ2v) is 8.41. The molecule has 1 aromatic carbocycles. The molecule has 3 aliphatic rings. The van der Waals surface area contributed by atoms with E-state index >= 15 is 0 Å². The summed E-state index contributed by atoms with van der Waals surface area (Å²) in [7, 11) is 0. The molecule has 3 heterocycles. The van der Waals surface area contributed by atoms with Gasteiger partial charge in [0.2, 0.25) is 17.7 Å². The molecule has 3 aliphatic heterocycles. The maximum Gasteiger partial charge on any atom is 0.250 e. The van der Waals surface area contributed by atoms with Crippen molar-refractivity contribution in [3.8, 4) is 0 Å². The van der Waals surface area contributed by atoms with E-state index in [9.17, 15) is 19.5 Å². The van der Waals surface area contributed by atoms with Gasteiger partial charge in [-0.15, -0.1) is 0 Å². The summed E-state index contributed by atoms with van der Waals surface area (Å²) in [6, 6.07) is 2.86. The molecule has 7 nitrogen and oxygen atoms in total. The molecule has 150 valence electrons. The first kappa shape index (κ1) is 19.1. The minimum absolute atomic E-state index is 0.249. The van der Waals surface area contributed by atoms with Crippen molar-refractivity contribution in [3.05, 3.63) is 28.8 Å². The lowest BCUT2D eigenvalue weighted by Crippen LogP contribution is -2.55. The quantitative estimate of drug-likeness (QED) is 0.679. The van der Waals surface area contributed by atoms with Gasteiger partial charge in [0.05, 0.1) is 17.9 Å². The van der Waals surface area contributed by atoms with Crippen molar-refractivity contribution in [2.45, 2.75) is 64.8 Å². The average molecular weight is 385 g/mol. The summed E-state index contributed by atoms with van der Waals surface area (Å²) < 4.78 is 0. The van der Waals surface area contributed by atoms with E-state index in [1.54, 1.807) is 6.92 Å². The Morgan fingerprint density at radius 3 is 2.46 bits per heavy atom. The molecule has 1 aromatic rings. The van der Waals surface area contributed by atoms with Crippen LogP contribution in [0, 0.1) is 25.7 Å². The Labute approximate surface area is 164 Å². The highest BCUT2D eigenvalue weighted by Gasteiger charge is 2.71. The summed E-state index contributed by atoms with van der Waals surface area (Å²) in [5.41, 5.74) is 2.02. The number of aliphatic hydroxyl groups is 1. The van der Waals surface area contributed by atoms with Crippen LogP contribution in [0.15, 0.2) is 12.1 Å². The molecule has 7 heteroatoms. The van der Waals surface area contributed by atoms with Crippen molar-refractivity contribution in [2.24, 2.45) is 11.8 Å². The SMILES string of the molecule is CC[C@@H](C)N1C(=O)[C@@H]2[C@@H]([C@@H](C)O)N[C@]3(C(=O)Nc4c3ccc(C)c4C)[C@@H]2C1=O. The number of aryl methyl sites for hydroxylation is 1. The lowest BCUT2D eigenvalue weighted by Gasteiger charge is -2.31. The number of hydrogen-bond acceptors (Lipinski definition) is 5. The summed E-state index contributed by atoms with van der Waals surface area (Å²) in [5.74, 6) is -2.59. The fourth-order valence-corrected chi connectivity index (χ4v) is 5.10. The van der Waals surface area contributed by atoms with E-state index in [-0.39, 0.29) is 23.8 Å². The standard InChI is InChI=1S/C21H27N3O4/c1-6-10(3)24-18(26)14-15(19(24)27)21(23-17(14)12(5)25)13-8-7-9(2)11(4)16(13)22-20(21)28/h7-8,10,12,14-15,17,23,25H,6H2,1-5H3,(H,22,28)/t10-,12-,14+,15+,17-,21+/m1/s1. The Morgan fingerprint density at radius 2 is 1.86 bits per heavy atom. The fourth-order valence-electron chi connectivity index (χ4n) is 5.10. The summed E-state index contributed by atoms with van der Waals surface area (Å²) in [5, 5.41) is 16.6. The number of imide groups is 1. The van der Waals surface area contributed by atoms with Crippen LogP contribution in [-0.2, 0) is 19.9 Å². The number of hydrogen-bond donors (Lipinski definition) is 3. The van der Waals surface area contributed by atoms with Gasteiger partial charge in [-0.2, -0.15) is 0 Å². The monoisotopic (exact) mass is 385 g/mol. The molecule has 3 amide bonds. The number of carbonyl (C=O) groups excluding carboxylic acids is 3. The van der Waals surface area contributed by atoms with Crippen LogP contribution in [-0.4, -0.2) is 45.9 Å². The third-order valence-corrected chi connectivity index (χ3v) is 6.94. The van der Waals surface area contributed by atoms with Crippen LogP contribution >= 0.6 is 0 Å². The lowest BCUT2D eigenvalue weighted by atomic mass is 9.76. The summed E-state index contributed by atoms with van der Waals surface area (Å²) >= 11 is 0. The van der Waals surface area contributed by atoms with Gasteiger partial charge in [0.25, 0.3) is 0 Å². The van der Waals surface area contributed by atoms with E-state index in [2.05, 4.69) is 10.6 Å². The van der Waals surface area contributed by atoms with Crippen molar-refractivity contribution in [1.82, 2.24) is 10.2 Å². The number of likely N-dealkylation sites (tertiary alicyclic amines) is 1. The van der Waals surface area contributed by atoms with E-state index < -0.39 is 29.5 Å². The Balaban J connectivity index is 1.93. The number of fused-ring (bicyclic) bond motifs is 4. The van der Waals surface area contributed by atoms with Crippen molar-refractivity contribution < 1.29 is 19.5 Å². The van der Waals surface area contributed by atoms with Crippen LogP contribution in [0.25, 0.3) is 0 Å². The molecule has 1 spiro atoms. The molecular formula is C21H27N3O4. The lowest BCUT2D eigenvalue weighted by molar-refractivity contribution is -0.145. The third kappa shape index (κ3) is 2.14. The van der Waals surface area contributed by atoms with Crippen LogP contribution in [0.5, 0.6) is 0 Å². The highest BCUT2D eigenvalue weighted by atomic mass is 16.3. The number of aliphatic hydroxyl groups excluding tert-OH is 1. The maximum atomic E-state index is 13.4. The van der Waals surface area contributed by atoms with Crippen LogP contribution in [0.4, 0.5) is 5.69 Å². The van der Waals surface area contributed by atoms with Crippen molar-refractivity contribution >= 4 is 23.4 Å². The highest BCUT2D eigenvalue weighted by Crippen LogP contribution is 2.54. The molecule has 0 unspecified atom stereocenters. The number of rotatable bonds is 3. The average Bonchev–Trinajstić information content (AvgIpc) is 3.24. The zero-order valence-electron chi connectivity index (χ0n) is 16.9. The zero-order chi connectivity index (χ0) is 20.5. The van der Waals surface area contributed by atoms with Crippen molar-refractivity contribution in [3.63, 3.8) is 0 Å². The molecule has 0 aliphatic carbocycles. The van der Waals surface area contributed by atoms with Gasteiger partial charge in [0.15, 0.2) is 0 Å². The zero-order valence-corrected chi connectivity index (χ0v) is 16.9. The topological polar surface area (TPSA) is 98.7 Å². The number of benzene rings is 1. The second-order valence-electron chi connectivity index (χ2n) is 8.41.